The van der Waals surface area contributed by atoms with Crippen LogP contribution in [0.2, 0.25) is 0 Å². The standard InChI is InChI=1S/C13H17F3N2O/c1-4-12(2,3)18-11(19)8-5-6-10(17)9(7-8)13(14,15)16/h5-7H,4,17H2,1-3H3,(H,18,19). The molecule has 1 amide bonds. The lowest BCUT2D eigenvalue weighted by molar-refractivity contribution is -0.136. The fraction of sp³-hybridized carbons (Fsp3) is 0.462. The van der Waals surface area contributed by atoms with Crippen molar-refractivity contribution in [3.63, 3.8) is 0 Å². The summed E-state index contributed by atoms with van der Waals surface area (Å²) in [5.74, 6) is -0.544. The van der Waals surface area contributed by atoms with E-state index in [1.165, 1.54) is 6.07 Å². The lowest BCUT2D eigenvalue weighted by Gasteiger charge is -2.24. The zero-order valence-electron chi connectivity index (χ0n) is 11.1. The first-order chi connectivity index (χ1) is 8.57. The molecule has 0 bridgehead atoms. The number of nitrogen functional groups attached to an aromatic ring is 1. The molecule has 106 valence electrons. The van der Waals surface area contributed by atoms with Crippen LogP contribution in [0.5, 0.6) is 0 Å². The van der Waals surface area contributed by atoms with Gasteiger partial charge in [-0.05, 0) is 38.5 Å². The highest BCUT2D eigenvalue weighted by molar-refractivity contribution is 5.95. The Morgan fingerprint density at radius 1 is 1.32 bits per heavy atom. The summed E-state index contributed by atoms with van der Waals surface area (Å²) in [6.07, 6.45) is -3.90. The van der Waals surface area contributed by atoms with Gasteiger partial charge in [0.15, 0.2) is 0 Å². The van der Waals surface area contributed by atoms with Crippen molar-refractivity contribution in [1.29, 1.82) is 0 Å². The number of nitrogens with two attached hydrogens (primary N) is 1. The van der Waals surface area contributed by atoms with Crippen molar-refractivity contribution >= 4 is 11.6 Å². The number of rotatable bonds is 3. The maximum Gasteiger partial charge on any atom is 0.418 e. The number of carbonyl (C=O) groups excluding carboxylic acids is 1. The molecule has 3 nitrogen and oxygen atoms in total. The second-order valence-electron chi connectivity index (χ2n) is 4.99. The monoisotopic (exact) mass is 274 g/mol. The van der Waals surface area contributed by atoms with Gasteiger partial charge in [0, 0.05) is 16.8 Å². The van der Waals surface area contributed by atoms with Crippen LogP contribution in [-0.2, 0) is 6.18 Å². The molecule has 0 fully saturated rings. The largest absolute Gasteiger partial charge is 0.418 e. The molecule has 0 saturated carbocycles. The molecule has 3 N–H and O–H groups in total. The highest BCUT2D eigenvalue weighted by Gasteiger charge is 2.33. The molecule has 0 unspecified atom stereocenters. The molecule has 1 aromatic rings. The van der Waals surface area contributed by atoms with Crippen molar-refractivity contribution in [2.75, 3.05) is 5.73 Å². The quantitative estimate of drug-likeness (QED) is 0.832. The average molecular weight is 274 g/mol. The molecule has 19 heavy (non-hydrogen) atoms. The third kappa shape index (κ3) is 3.87. The summed E-state index contributed by atoms with van der Waals surface area (Å²) in [6.45, 7) is 5.48. The molecule has 0 aliphatic heterocycles. The van der Waals surface area contributed by atoms with Crippen molar-refractivity contribution in [1.82, 2.24) is 5.32 Å². The third-order valence-electron chi connectivity index (χ3n) is 2.96. The molecule has 0 aromatic heterocycles. The average Bonchev–Trinajstić information content (AvgIpc) is 2.27. The summed E-state index contributed by atoms with van der Waals surface area (Å²) in [6, 6.07) is 3.15. The number of anilines is 1. The predicted molar refractivity (Wildman–Crippen MR) is 67.7 cm³/mol. The maximum absolute atomic E-state index is 12.7. The van der Waals surface area contributed by atoms with Crippen LogP contribution in [0.1, 0.15) is 43.1 Å². The Balaban J connectivity index is 3.07. The van der Waals surface area contributed by atoms with Crippen molar-refractivity contribution in [3.8, 4) is 0 Å². The smallest absolute Gasteiger partial charge is 0.398 e. The zero-order valence-corrected chi connectivity index (χ0v) is 11.1. The second kappa shape index (κ2) is 5.11. The Morgan fingerprint density at radius 2 is 1.89 bits per heavy atom. The summed E-state index contributed by atoms with van der Waals surface area (Å²) in [5.41, 5.74) is 3.37. The van der Waals surface area contributed by atoms with Crippen molar-refractivity contribution in [2.45, 2.75) is 38.9 Å². The van der Waals surface area contributed by atoms with Gasteiger partial charge in [-0.3, -0.25) is 4.79 Å². The van der Waals surface area contributed by atoms with Crippen LogP contribution in [0.3, 0.4) is 0 Å². The van der Waals surface area contributed by atoms with E-state index in [0.29, 0.717) is 6.42 Å². The van der Waals surface area contributed by atoms with Crippen molar-refractivity contribution in [3.05, 3.63) is 29.3 Å². The molecule has 0 heterocycles. The van der Waals surface area contributed by atoms with Gasteiger partial charge in [-0.25, -0.2) is 0 Å². The van der Waals surface area contributed by atoms with Crippen molar-refractivity contribution in [2.24, 2.45) is 0 Å². The Bertz CT molecular complexity index is 481. The van der Waals surface area contributed by atoms with Crippen molar-refractivity contribution < 1.29 is 18.0 Å². The van der Waals surface area contributed by atoms with Gasteiger partial charge in [0.1, 0.15) is 0 Å². The minimum Gasteiger partial charge on any atom is -0.398 e. The fourth-order valence-electron chi connectivity index (χ4n) is 1.41. The molecule has 6 heteroatoms. The van der Waals surface area contributed by atoms with E-state index in [-0.39, 0.29) is 11.3 Å². The number of hydrogen-bond acceptors (Lipinski definition) is 2. The summed E-state index contributed by atoms with van der Waals surface area (Å²) in [4.78, 5) is 11.9. The minimum atomic E-state index is -4.57. The molecule has 0 saturated heterocycles. The summed E-state index contributed by atoms with van der Waals surface area (Å²) < 4.78 is 38.1. The fourth-order valence-corrected chi connectivity index (χ4v) is 1.41. The zero-order chi connectivity index (χ0) is 14.8. The number of nitrogens with one attached hydrogen (secondary N) is 1. The first-order valence-corrected chi connectivity index (χ1v) is 5.86. The summed E-state index contributed by atoms with van der Waals surface area (Å²) in [5, 5.41) is 2.67. The van der Waals surface area contributed by atoms with Gasteiger partial charge in [0.2, 0.25) is 0 Å². The number of halogens is 3. The lowest BCUT2D eigenvalue weighted by atomic mass is 10.0. The predicted octanol–water partition coefficient (Wildman–Crippen LogP) is 3.21. The first-order valence-electron chi connectivity index (χ1n) is 5.86. The molecule has 1 rings (SSSR count). The van der Waals surface area contributed by atoms with Crippen LogP contribution in [0, 0.1) is 0 Å². The Kier molecular flexibility index (Phi) is 4.12. The Morgan fingerprint density at radius 3 is 2.37 bits per heavy atom. The normalized spacial score (nSPS) is 12.3. The van der Waals surface area contributed by atoms with E-state index in [9.17, 15) is 18.0 Å². The van der Waals surface area contributed by atoms with E-state index in [2.05, 4.69) is 5.32 Å². The molecular formula is C13H17F3N2O. The molecule has 0 aliphatic rings. The molecular weight excluding hydrogens is 257 g/mol. The van der Waals surface area contributed by atoms with Crippen LogP contribution < -0.4 is 11.1 Å². The van der Waals surface area contributed by atoms with E-state index in [4.69, 9.17) is 5.73 Å². The van der Waals surface area contributed by atoms with Crippen LogP contribution in [-0.4, -0.2) is 11.4 Å². The number of benzene rings is 1. The van der Waals surface area contributed by atoms with Gasteiger partial charge in [-0.2, -0.15) is 13.2 Å². The van der Waals surface area contributed by atoms with Gasteiger partial charge >= 0.3 is 6.18 Å². The summed E-state index contributed by atoms with van der Waals surface area (Å²) >= 11 is 0. The van der Waals surface area contributed by atoms with Gasteiger partial charge in [-0.15, -0.1) is 0 Å². The highest BCUT2D eigenvalue weighted by atomic mass is 19.4. The first kappa shape index (κ1) is 15.3. The van der Waals surface area contributed by atoms with E-state index >= 15 is 0 Å². The molecule has 1 aromatic carbocycles. The topological polar surface area (TPSA) is 55.1 Å². The maximum atomic E-state index is 12.7. The van der Waals surface area contributed by atoms with Gasteiger partial charge in [0.25, 0.3) is 5.91 Å². The number of carbonyl (C=O) groups is 1. The molecule has 0 radical (unpaired) electrons. The lowest BCUT2D eigenvalue weighted by Crippen LogP contribution is -2.42. The van der Waals surface area contributed by atoms with Gasteiger partial charge < -0.3 is 11.1 Å². The van der Waals surface area contributed by atoms with Gasteiger partial charge in [0.05, 0.1) is 5.56 Å². The Labute approximate surface area is 110 Å². The number of amides is 1. The van der Waals surface area contributed by atoms with E-state index in [1.807, 2.05) is 6.92 Å². The van der Waals surface area contributed by atoms with E-state index in [0.717, 1.165) is 12.1 Å². The molecule has 0 aliphatic carbocycles. The molecule has 0 atom stereocenters. The second-order valence-corrected chi connectivity index (χ2v) is 4.99. The highest BCUT2D eigenvalue weighted by Crippen LogP contribution is 2.34. The van der Waals surface area contributed by atoms with Crippen LogP contribution in [0.15, 0.2) is 18.2 Å². The van der Waals surface area contributed by atoms with E-state index in [1.54, 1.807) is 13.8 Å². The van der Waals surface area contributed by atoms with Gasteiger partial charge in [-0.1, -0.05) is 6.92 Å². The van der Waals surface area contributed by atoms with Crippen LogP contribution in [0.25, 0.3) is 0 Å². The van der Waals surface area contributed by atoms with Crippen LogP contribution in [0.4, 0.5) is 18.9 Å². The van der Waals surface area contributed by atoms with E-state index < -0.39 is 23.2 Å². The Hall–Kier alpha value is -1.72. The number of alkyl halides is 3. The molecule has 0 spiro atoms. The minimum absolute atomic E-state index is 0.0527. The SMILES string of the molecule is CCC(C)(C)NC(=O)c1ccc(N)c(C(F)(F)F)c1. The van der Waals surface area contributed by atoms with Crippen LogP contribution >= 0.6 is 0 Å². The number of hydrogen-bond donors (Lipinski definition) is 2. The summed E-state index contributed by atoms with van der Waals surface area (Å²) in [7, 11) is 0. The third-order valence-corrected chi connectivity index (χ3v) is 2.96.